The van der Waals surface area contributed by atoms with Crippen molar-refractivity contribution < 1.29 is 14.4 Å². The third kappa shape index (κ3) is 2.92. The van der Waals surface area contributed by atoms with E-state index in [2.05, 4.69) is 10.3 Å². The average Bonchev–Trinajstić information content (AvgIpc) is 2.67. The number of urea groups is 1. The fourth-order valence-electron chi connectivity index (χ4n) is 3.90. The first kappa shape index (κ1) is 18.7. The number of halogens is 1. The van der Waals surface area contributed by atoms with Crippen molar-refractivity contribution in [2.24, 2.45) is 4.99 Å². The maximum Gasteiger partial charge on any atom is 0.330 e. The van der Waals surface area contributed by atoms with Crippen molar-refractivity contribution >= 4 is 41.0 Å². The molecular weight excluding hydrogens is 382 g/mol. The molecule has 4 amide bonds. The van der Waals surface area contributed by atoms with E-state index in [9.17, 15) is 14.4 Å². The molecule has 3 heterocycles. The Bertz CT molecular complexity index is 898. The molecule has 0 bridgehead atoms. The van der Waals surface area contributed by atoms with Gasteiger partial charge in [0.2, 0.25) is 11.8 Å². The molecule has 1 aromatic rings. The third-order valence-electron chi connectivity index (χ3n) is 5.46. The van der Waals surface area contributed by atoms with Gasteiger partial charge in [-0.2, -0.15) is 0 Å². The Labute approximate surface area is 168 Å². The van der Waals surface area contributed by atoms with Crippen molar-refractivity contribution in [3.05, 3.63) is 28.8 Å². The van der Waals surface area contributed by atoms with E-state index >= 15 is 0 Å². The lowest BCUT2D eigenvalue weighted by Gasteiger charge is -2.43. The predicted octanol–water partition coefficient (Wildman–Crippen LogP) is 1.47. The molecule has 3 aliphatic heterocycles. The van der Waals surface area contributed by atoms with Crippen LogP contribution in [0.2, 0.25) is 5.02 Å². The summed E-state index contributed by atoms with van der Waals surface area (Å²) >= 11 is 6.17. The number of carbonyl (C=O) groups is 3. The normalized spacial score (nSPS) is 21.0. The van der Waals surface area contributed by atoms with Crippen LogP contribution in [0.4, 0.5) is 10.5 Å². The number of amides is 4. The lowest BCUT2D eigenvalue weighted by atomic mass is 9.98. The fraction of sp³-hybridized carbons (Fsp3) is 0.474. The second kappa shape index (κ2) is 6.77. The minimum atomic E-state index is -0.969. The van der Waals surface area contributed by atoms with Crippen molar-refractivity contribution in [3.8, 4) is 0 Å². The largest absolute Gasteiger partial charge is 0.352 e. The van der Waals surface area contributed by atoms with Gasteiger partial charge >= 0.3 is 6.03 Å². The van der Waals surface area contributed by atoms with Crippen LogP contribution in [-0.2, 0) is 9.59 Å². The molecule has 1 aromatic carbocycles. The minimum absolute atomic E-state index is 0.160. The molecule has 8 nitrogen and oxygen atoms in total. The van der Waals surface area contributed by atoms with Crippen LogP contribution in [0, 0.1) is 0 Å². The Hall–Kier alpha value is -2.61. The number of amidine groups is 1. The van der Waals surface area contributed by atoms with Crippen molar-refractivity contribution in [1.82, 2.24) is 15.1 Å². The smallest absolute Gasteiger partial charge is 0.330 e. The second-order valence-corrected chi connectivity index (χ2v) is 8.04. The van der Waals surface area contributed by atoms with Gasteiger partial charge in [0, 0.05) is 36.8 Å². The summed E-state index contributed by atoms with van der Waals surface area (Å²) in [5, 5.41) is 3.25. The van der Waals surface area contributed by atoms with Gasteiger partial charge in [0.1, 0.15) is 17.9 Å². The Morgan fingerprint density at radius 1 is 1.29 bits per heavy atom. The number of fused-ring (bicyclic) bond motifs is 3. The summed E-state index contributed by atoms with van der Waals surface area (Å²) in [4.78, 5) is 47.5. The lowest BCUT2D eigenvalue weighted by Crippen LogP contribution is -2.65. The number of hydrogen-bond donors (Lipinski definition) is 1. The van der Waals surface area contributed by atoms with Gasteiger partial charge in [-0.05, 0) is 38.5 Å². The monoisotopic (exact) mass is 403 g/mol. The van der Waals surface area contributed by atoms with E-state index in [1.807, 2.05) is 6.07 Å². The molecular formula is C19H22ClN5O3. The number of nitrogens with zero attached hydrogens (tertiary/aromatic N) is 4. The van der Waals surface area contributed by atoms with Crippen molar-refractivity contribution in [3.63, 3.8) is 0 Å². The summed E-state index contributed by atoms with van der Waals surface area (Å²) in [6.07, 6.45) is 0.777. The maximum absolute atomic E-state index is 13.2. The van der Waals surface area contributed by atoms with Gasteiger partial charge < -0.3 is 10.2 Å². The van der Waals surface area contributed by atoms with E-state index in [0.717, 1.165) is 12.0 Å². The molecule has 0 aliphatic carbocycles. The molecule has 148 valence electrons. The molecule has 28 heavy (non-hydrogen) atoms. The van der Waals surface area contributed by atoms with Crippen LogP contribution < -0.4 is 10.2 Å². The summed E-state index contributed by atoms with van der Waals surface area (Å²) in [6, 6.07) is 4.98. The second-order valence-electron chi connectivity index (χ2n) is 7.60. The zero-order valence-electron chi connectivity index (χ0n) is 15.9. The Balaban J connectivity index is 1.69. The van der Waals surface area contributed by atoms with E-state index < -0.39 is 5.54 Å². The molecule has 0 atom stereocenters. The highest BCUT2D eigenvalue weighted by molar-refractivity contribution is 6.31. The highest BCUT2D eigenvalue weighted by Crippen LogP contribution is 2.33. The number of benzene rings is 1. The SMILES string of the molecule is CC1(C)C(=O)NCCN1C(=O)CN1C(=O)N2CCCN=C2c2ccc(Cl)cc21. The number of nitrogens with one attached hydrogen (secondary N) is 1. The molecule has 1 saturated heterocycles. The number of anilines is 1. The van der Waals surface area contributed by atoms with Gasteiger partial charge in [0.15, 0.2) is 0 Å². The van der Waals surface area contributed by atoms with Crippen molar-refractivity contribution in [1.29, 1.82) is 0 Å². The van der Waals surface area contributed by atoms with E-state index in [-0.39, 0.29) is 24.4 Å². The van der Waals surface area contributed by atoms with Crippen LogP contribution in [0.3, 0.4) is 0 Å². The van der Waals surface area contributed by atoms with Gasteiger partial charge in [0.05, 0.1) is 5.69 Å². The first-order valence-electron chi connectivity index (χ1n) is 9.33. The van der Waals surface area contributed by atoms with E-state index in [4.69, 9.17) is 11.6 Å². The van der Waals surface area contributed by atoms with E-state index in [1.165, 1.54) is 9.80 Å². The lowest BCUT2D eigenvalue weighted by molar-refractivity contribution is -0.148. The van der Waals surface area contributed by atoms with Crippen LogP contribution in [0.25, 0.3) is 0 Å². The standard InChI is InChI=1S/C19H22ClN5O3/c1-19(2)17(27)22-7-9-25(19)15(26)11-24-14-10-12(20)4-5-13(14)16-21-6-3-8-23(16)18(24)28/h4-5,10H,3,6-9,11H2,1-2H3,(H,22,27). The molecule has 0 aromatic heterocycles. The van der Waals surface area contributed by atoms with Gasteiger partial charge in [-0.3, -0.25) is 24.4 Å². The number of rotatable bonds is 2. The van der Waals surface area contributed by atoms with Crippen LogP contribution >= 0.6 is 11.6 Å². The van der Waals surface area contributed by atoms with Gasteiger partial charge in [-0.25, -0.2) is 4.79 Å². The molecule has 0 radical (unpaired) electrons. The number of hydrogen-bond acceptors (Lipinski definition) is 4. The Morgan fingerprint density at radius 3 is 2.86 bits per heavy atom. The van der Waals surface area contributed by atoms with Crippen LogP contribution in [0.15, 0.2) is 23.2 Å². The third-order valence-corrected chi connectivity index (χ3v) is 5.69. The molecule has 1 fully saturated rings. The molecule has 0 spiro atoms. The molecule has 0 saturated carbocycles. The first-order chi connectivity index (χ1) is 13.3. The topological polar surface area (TPSA) is 85.3 Å². The van der Waals surface area contributed by atoms with Crippen LogP contribution in [0.1, 0.15) is 25.8 Å². The summed E-state index contributed by atoms with van der Waals surface area (Å²) in [7, 11) is 0. The number of aliphatic imine (C=N–C) groups is 1. The first-order valence-corrected chi connectivity index (χ1v) is 9.70. The average molecular weight is 404 g/mol. The summed E-state index contributed by atoms with van der Waals surface area (Å²) in [6.45, 7) is 5.27. The van der Waals surface area contributed by atoms with Crippen molar-refractivity contribution in [2.75, 3.05) is 37.6 Å². The zero-order valence-corrected chi connectivity index (χ0v) is 16.6. The minimum Gasteiger partial charge on any atom is -0.352 e. The van der Waals surface area contributed by atoms with Gasteiger partial charge in [-0.15, -0.1) is 0 Å². The fourth-order valence-corrected chi connectivity index (χ4v) is 4.06. The van der Waals surface area contributed by atoms with Crippen molar-refractivity contribution in [2.45, 2.75) is 25.8 Å². The predicted molar refractivity (Wildman–Crippen MR) is 106 cm³/mol. The maximum atomic E-state index is 13.2. The molecule has 9 heteroatoms. The van der Waals surface area contributed by atoms with Gasteiger partial charge in [0.25, 0.3) is 0 Å². The quantitative estimate of drug-likeness (QED) is 0.811. The Kier molecular flexibility index (Phi) is 4.53. The Morgan fingerprint density at radius 2 is 2.07 bits per heavy atom. The summed E-state index contributed by atoms with van der Waals surface area (Å²) in [5.74, 6) is 0.145. The van der Waals surface area contributed by atoms with E-state index in [1.54, 1.807) is 30.9 Å². The van der Waals surface area contributed by atoms with Crippen LogP contribution in [0.5, 0.6) is 0 Å². The van der Waals surface area contributed by atoms with Crippen LogP contribution in [-0.4, -0.2) is 71.7 Å². The summed E-state index contributed by atoms with van der Waals surface area (Å²) in [5.41, 5.74) is 0.387. The summed E-state index contributed by atoms with van der Waals surface area (Å²) < 4.78 is 0. The van der Waals surface area contributed by atoms with E-state index in [0.29, 0.717) is 42.7 Å². The molecule has 3 aliphatic rings. The highest BCUT2D eigenvalue weighted by atomic mass is 35.5. The van der Waals surface area contributed by atoms with Gasteiger partial charge in [-0.1, -0.05) is 11.6 Å². The zero-order chi connectivity index (χ0) is 20.1. The number of piperazine rings is 1. The highest BCUT2D eigenvalue weighted by Gasteiger charge is 2.43. The molecule has 4 rings (SSSR count). The molecule has 1 N–H and O–H groups in total. The number of carbonyl (C=O) groups excluding carboxylic acids is 3. The molecule has 0 unspecified atom stereocenters.